The lowest BCUT2D eigenvalue weighted by Gasteiger charge is -2.28. The summed E-state index contributed by atoms with van der Waals surface area (Å²) in [6.45, 7) is -0.111. The molecule has 0 unspecified atom stereocenters. The monoisotopic (exact) mass is 506 g/mol. The summed E-state index contributed by atoms with van der Waals surface area (Å²) in [5, 5.41) is 3.15. The second-order valence-electron chi connectivity index (χ2n) is 7.22. The van der Waals surface area contributed by atoms with Crippen LogP contribution >= 0.6 is 23.2 Å². The molecule has 1 aliphatic rings. The van der Waals surface area contributed by atoms with Gasteiger partial charge in [-0.05, 0) is 42.5 Å². The number of ether oxygens (including phenoxy) is 2. The van der Waals surface area contributed by atoms with Crippen LogP contribution in [0, 0.1) is 0 Å². The van der Waals surface area contributed by atoms with Gasteiger partial charge in [-0.3, -0.25) is 9.10 Å². The van der Waals surface area contributed by atoms with Gasteiger partial charge in [0.15, 0.2) is 11.5 Å². The zero-order valence-electron chi connectivity index (χ0n) is 17.3. The number of sulfonamides is 1. The first kappa shape index (κ1) is 23.2. The summed E-state index contributed by atoms with van der Waals surface area (Å²) in [6.07, 6.45) is -0.419. The van der Waals surface area contributed by atoms with Crippen molar-refractivity contribution in [2.45, 2.75) is 11.0 Å². The van der Waals surface area contributed by atoms with Crippen molar-refractivity contribution in [3.05, 3.63) is 82.8 Å². The highest BCUT2D eigenvalue weighted by Gasteiger charge is 2.29. The Labute approximate surface area is 201 Å². The molecule has 10 heteroatoms. The second kappa shape index (κ2) is 9.91. The first-order chi connectivity index (χ1) is 15.8. The van der Waals surface area contributed by atoms with Crippen molar-refractivity contribution in [2.24, 2.45) is 0 Å². The summed E-state index contributed by atoms with van der Waals surface area (Å²) in [6, 6.07) is 19.5. The highest BCUT2D eigenvalue weighted by Crippen LogP contribution is 2.33. The number of benzene rings is 3. The quantitative estimate of drug-likeness (QED) is 0.520. The van der Waals surface area contributed by atoms with Gasteiger partial charge in [0.25, 0.3) is 10.0 Å². The molecule has 172 valence electrons. The predicted octanol–water partition coefficient (Wildman–Crippen LogP) is 4.14. The number of carbonyl (C=O) groups excluding carboxylic acids is 1. The van der Waals surface area contributed by atoms with E-state index in [0.29, 0.717) is 11.5 Å². The van der Waals surface area contributed by atoms with E-state index in [1.165, 1.54) is 24.3 Å². The lowest BCUT2D eigenvalue weighted by molar-refractivity contribution is -0.120. The topological polar surface area (TPSA) is 84.9 Å². The van der Waals surface area contributed by atoms with E-state index in [1.54, 1.807) is 36.4 Å². The van der Waals surface area contributed by atoms with Gasteiger partial charge < -0.3 is 14.8 Å². The van der Waals surface area contributed by atoms with Crippen LogP contribution in [0.4, 0.5) is 5.69 Å². The number of nitrogens with one attached hydrogen (secondary N) is 1. The lowest BCUT2D eigenvalue weighted by atomic mass is 10.2. The molecule has 0 spiro atoms. The molecule has 0 saturated carbocycles. The lowest BCUT2D eigenvalue weighted by Crippen LogP contribution is -2.45. The number of fused-ring (bicyclic) bond motifs is 1. The number of hydrogen-bond acceptors (Lipinski definition) is 5. The van der Waals surface area contributed by atoms with Gasteiger partial charge in [0, 0.05) is 5.02 Å². The number of para-hydroxylation sites is 2. The fraction of sp³-hybridized carbons (Fsp3) is 0.174. The number of carbonyl (C=O) groups is 1. The second-order valence-corrected chi connectivity index (χ2v) is 9.93. The number of hydrogen-bond donors (Lipinski definition) is 1. The van der Waals surface area contributed by atoms with Gasteiger partial charge in [-0.1, -0.05) is 53.5 Å². The van der Waals surface area contributed by atoms with Gasteiger partial charge in [-0.2, -0.15) is 0 Å². The van der Waals surface area contributed by atoms with Crippen LogP contribution in [0.5, 0.6) is 11.5 Å². The summed E-state index contributed by atoms with van der Waals surface area (Å²) in [4.78, 5) is 12.8. The SMILES string of the molecule is O=C(CN(c1cc(Cl)ccc1Cl)S(=O)(=O)c1ccccc1)NC[C@@H]1COc2ccccc2O1. The first-order valence-corrected chi connectivity index (χ1v) is 12.2. The Morgan fingerprint density at radius 1 is 1.00 bits per heavy atom. The standard InChI is InChI=1S/C23H20Cl2N2O5S/c24-16-10-11-19(25)20(12-16)27(33(29,30)18-6-2-1-3-7-18)14-23(28)26-13-17-15-31-21-8-4-5-9-22(21)32-17/h1-12,17H,13-15H2,(H,26,28)/t17-/m1/s1. The zero-order valence-corrected chi connectivity index (χ0v) is 19.6. The van der Waals surface area contributed by atoms with Crippen LogP contribution in [0.1, 0.15) is 0 Å². The highest BCUT2D eigenvalue weighted by molar-refractivity contribution is 7.92. The number of halogens is 2. The van der Waals surface area contributed by atoms with Crippen molar-refractivity contribution in [2.75, 3.05) is 24.0 Å². The van der Waals surface area contributed by atoms with Gasteiger partial charge in [-0.25, -0.2) is 8.42 Å². The minimum atomic E-state index is -4.10. The summed E-state index contributed by atoms with van der Waals surface area (Å²) >= 11 is 12.4. The molecule has 1 heterocycles. The van der Waals surface area contributed by atoms with Crippen molar-refractivity contribution >= 4 is 44.8 Å². The molecular formula is C23H20Cl2N2O5S. The van der Waals surface area contributed by atoms with E-state index in [4.69, 9.17) is 32.7 Å². The third-order valence-corrected chi connectivity index (χ3v) is 7.22. The Morgan fingerprint density at radius 2 is 1.70 bits per heavy atom. The molecule has 0 bridgehead atoms. The number of nitrogens with zero attached hydrogens (tertiary/aromatic N) is 1. The molecule has 0 radical (unpaired) electrons. The van der Waals surface area contributed by atoms with Crippen LogP contribution < -0.4 is 19.1 Å². The maximum atomic E-state index is 13.4. The number of rotatable bonds is 7. The van der Waals surface area contributed by atoms with E-state index in [0.717, 1.165) is 4.31 Å². The Morgan fingerprint density at radius 3 is 2.45 bits per heavy atom. The average molecular weight is 507 g/mol. The summed E-state index contributed by atoms with van der Waals surface area (Å²) in [7, 11) is -4.10. The van der Waals surface area contributed by atoms with E-state index in [2.05, 4.69) is 5.32 Å². The minimum Gasteiger partial charge on any atom is -0.486 e. The van der Waals surface area contributed by atoms with Gasteiger partial charge >= 0.3 is 0 Å². The van der Waals surface area contributed by atoms with Crippen molar-refractivity contribution in [3.63, 3.8) is 0 Å². The van der Waals surface area contributed by atoms with Gasteiger partial charge in [-0.15, -0.1) is 0 Å². The Bertz CT molecular complexity index is 1250. The molecule has 1 amide bonds. The van der Waals surface area contributed by atoms with Crippen molar-refractivity contribution in [1.29, 1.82) is 0 Å². The van der Waals surface area contributed by atoms with Crippen LogP contribution in [0.15, 0.2) is 77.7 Å². The largest absolute Gasteiger partial charge is 0.486 e. The fourth-order valence-electron chi connectivity index (χ4n) is 3.27. The summed E-state index contributed by atoms with van der Waals surface area (Å²) in [5.41, 5.74) is 0.106. The maximum Gasteiger partial charge on any atom is 0.264 e. The van der Waals surface area contributed by atoms with Crippen LogP contribution in [0.25, 0.3) is 0 Å². The van der Waals surface area contributed by atoms with Crippen LogP contribution in [-0.2, 0) is 14.8 Å². The first-order valence-electron chi connectivity index (χ1n) is 10.0. The minimum absolute atomic E-state index is 0.0227. The molecule has 3 aromatic carbocycles. The van der Waals surface area contributed by atoms with E-state index in [9.17, 15) is 13.2 Å². The summed E-state index contributed by atoms with van der Waals surface area (Å²) in [5.74, 6) is 0.686. The molecule has 0 saturated heterocycles. The van der Waals surface area contributed by atoms with Crippen LogP contribution in [0.3, 0.4) is 0 Å². The normalized spacial score (nSPS) is 15.0. The van der Waals surface area contributed by atoms with E-state index >= 15 is 0 Å². The average Bonchev–Trinajstić information content (AvgIpc) is 2.83. The molecule has 1 aliphatic heterocycles. The highest BCUT2D eigenvalue weighted by atomic mass is 35.5. The molecule has 0 aliphatic carbocycles. The van der Waals surface area contributed by atoms with E-state index in [1.807, 2.05) is 12.1 Å². The molecule has 4 rings (SSSR count). The number of amides is 1. The smallest absolute Gasteiger partial charge is 0.264 e. The molecular weight excluding hydrogens is 487 g/mol. The Hall–Kier alpha value is -2.94. The van der Waals surface area contributed by atoms with Crippen LogP contribution in [-0.4, -0.2) is 40.1 Å². The third kappa shape index (κ3) is 5.35. The van der Waals surface area contributed by atoms with Crippen molar-refractivity contribution in [3.8, 4) is 11.5 Å². The summed E-state index contributed by atoms with van der Waals surface area (Å²) < 4.78 is 39.2. The van der Waals surface area contributed by atoms with Gasteiger partial charge in [0.1, 0.15) is 19.3 Å². The van der Waals surface area contributed by atoms with Crippen molar-refractivity contribution < 1.29 is 22.7 Å². The fourth-order valence-corrected chi connectivity index (χ4v) is 5.16. The zero-order chi connectivity index (χ0) is 23.4. The van der Waals surface area contributed by atoms with E-state index in [-0.39, 0.29) is 33.8 Å². The van der Waals surface area contributed by atoms with Crippen molar-refractivity contribution in [1.82, 2.24) is 5.32 Å². The molecule has 3 aromatic rings. The molecule has 1 N–H and O–H groups in total. The van der Waals surface area contributed by atoms with Gasteiger partial charge in [0.05, 0.1) is 22.2 Å². The third-order valence-electron chi connectivity index (χ3n) is 4.89. The van der Waals surface area contributed by atoms with E-state index < -0.39 is 28.6 Å². The Kier molecular flexibility index (Phi) is 6.97. The Balaban J connectivity index is 1.52. The predicted molar refractivity (Wildman–Crippen MR) is 127 cm³/mol. The molecule has 0 fully saturated rings. The maximum absolute atomic E-state index is 13.4. The van der Waals surface area contributed by atoms with Gasteiger partial charge in [0.2, 0.25) is 5.91 Å². The molecule has 0 aromatic heterocycles. The van der Waals surface area contributed by atoms with Crippen LogP contribution in [0.2, 0.25) is 10.0 Å². The molecule has 33 heavy (non-hydrogen) atoms. The molecule has 7 nitrogen and oxygen atoms in total. The molecule has 1 atom stereocenters. The number of anilines is 1.